The minimum absolute atomic E-state index is 0.210. The molecule has 170 valence electrons. The number of thiophene rings is 1. The highest BCUT2D eigenvalue weighted by Gasteiger charge is 2.21. The summed E-state index contributed by atoms with van der Waals surface area (Å²) in [6.07, 6.45) is 3.89. The van der Waals surface area contributed by atoms with Crippen molar-refractivity contribution >= 4 is 51.6 Å². The van der Waals surface area contributed by atoms with Gasteiger partial charge >= 0.3 is 0 Å². The molecular weight excluding hydrogens is 468 g/mol. The van der Waals surface area contributed by atoms with Crippen molar-refractivity contribution in [2.45, 2.75) is 12.5 Å². The van der Waals surface area contributed by atoms with Gasteiger partial charge in [-0.1, -0.05) is 54.1 Å². The molecule has 0 aliphatic carbocycles. The Bertz CT molecular complexity index is 1460. The van der Waals surface area contributed by atoms with Gasteiger partial charge in [0.2, 0.25) is 5.91 Å². The van der Waals surface area contributed by atoms with Crippen LogP contribution in [0.5, 0.6) is 0 Å². The highest BCUT2D eigenvalue weighted by Crippen LogP contribution is 2.31. The minimum Gasteiger partial charge on any atom is -0.382 e. The lowest BCUT2D eigenvalue weighted by atomic mass is 10.1. The molecule has 34 heavy (non-hydrogen) atoms. The molecule has 3 aromatic heterocycles. The number of nitrogens with zero attached hydrogens (tertiary/aromatic N) is 2. The quantitative estimate of drug-likeness (QED) is 0.231. The minimum atomic E-state index is -0.402. The lowest BCUT2D eigenvalue weighted by Gasteiger charge is -2.16. The molecule has 5 aromatic rings. The van der Waals surface area contributed by atoms with E-state index in [1.165, 1.54) is 6.08 Å². The van der Waals surface area contributed by atoms with Crippen LogP contribution in [0.3, 0.4) is 0 Å². The zero-order chi connectivity index (χ0) is 23.5. The largest absolute Gasteiger partial charge is 0.382 e. The van der Waals surface area contributed by atoms with E-state index < -0.39 is 6.04 Å². The van der Waals surface area contributed by atoms with Crippen molar-refractivity contribution in [3.8, 4) is 11.3 Å². The van der Waals surface area contributed by atoms with Gasteiger partial charge in [0.1, 0.15) is 16.7 Å². The second kappa shape index (κ2) is 9.54. The summed E-state index contributed by atoms with van der Waals surface area (Å²) in [5.41, 5.74) is 9.14. The van der Waals surface area contributed by atoms with Gasteiger partial charge in [0.25, 0.3) is 0 Å². The summed E-state index contributed by atoms with van der Waals surface area (Å²) in [6, 6.07) is 19.1. The third kappa shape index (κ3) is 4.73. The van der Waals surface area contributed by atoms with Gasteiger partial charge in [-0.3, -0.25) is 9.89 Å². The molecule has 0 saturated heterocycles. The second-order valence-electron chi connectivity index (χ2n) is 7.75. The second-order valence-corrected chi connectivity index (χ2v) is 9.11. The van der Waals surface area contributed by atoms with Crippen molar-refractivity contribution in [3.63, 3.8) is 0 Å². The van der Waals surface area contributed by atoms with Crippen molar-refractivity contribution in [1.29, 1.82) is 0 Å². The van der Waals surface area contributed by atoms with Crippen molar-refractivity contribution in [3.05, 3.63) is 93.5 Å². The van der Waals surface area contributed by atoms with Crippen molar-refractivity contribution in [1.82, 2.24) is 25.5 Å². The van der Waals surface area contributed by atoms with E-state index in [4.69, 9.17) is 22.3 Å². The number of carbonyl (C=O) groups is 1. The number of H-pyrrole nitrogens is 2. The van der Waals surface area contributed by atoms with Crippen LogP contribution in [0.2, 0.25) is 5.15 Å². The monoisotopic (exact) mass is 488 g/mol. The first-order valence-corrected chi connectivity index (χ1v) is 11.9. The van der Waals surface area contributed by atoms with Crippen molar-refractivity contribution in [2.75, 3.05) is 5.73 Å². The molecule has 5 N–H and O–H groups in total. The fourth-order valence-corrected chi connectivity index (χ4v) is 4.61. The number of nitrogen functional groups attached to an aromatic ring is 1. The van der Waals surface area contributed by atoms with E-state index in [1.54, 1.807) is 17.4 Å². The lowest BCUT2D eigenvalue weighted by molar-refractivity contribution is -0.117. The van der Waals surface area contributed by atoms with Gasteiger partial charge in [-0.25, -0.2) is 4.98 Å². The summed E-state index contributed by atoms with van der Waals surface area (Å²) in [7, 11) is 0. The average molecular weight is 489 g/mol. The number of amides is 1. The predicted octanol–water partition coefficient (Wildman–Crippen LogP) is 5.36. The Morgan fingerprint density at radius 3 is 2.82 bits per heavy atom. The van der Waals surface area contributed by atoms with Crippen LogP contribution in [0.15, 0.2) is 72.1 Å². The van der Waals surface area contributed by atoms with E-state index in [-0.39, 0.29) is 5.91 Å². The maximum atomic E-state index is 12.7. The smallest absolute Gasteiger partial charge is 0.244 e. The number of rotatable bonds is 7. The molecule has 1 atom stereocenters. The van der Waals surface area contributed by atoms with Crippen molar-refractivity contribution in [2.24, 2.45) is 0 Å². The van der Waals surface area contributed by atoms with Gasteiger partial charge < -0.3 is 16.0 Å². The van der Waals surface area contributed by atoms with Gasteiger partial charge in [0, 0.05) is 21.9 Å². The zero-order valence-corrected chi connectivity index (χ0v) is 19.5. The van der Waals surface area contributed by atoms with Gasteiger partial charge in [-0.15, -0.1) is 11.3 Å². The molecule has 7 nitrogen and oxygen atoms in total. The number of hydrogen-bond donors (Lipinski definition) is 4. The van der Waals surface area contributed by atoms with E-state index in [9.17, 15) is 4.79 Å². The van der Waals surface area contributed by atoms with Crippen LogP contribution < -0.4 is 11.1 Å². The molecule has 0 saturated carbocycles. The summed E-state index contributed by atoms with van der Waals surface area (Å²) in [4.78, 5) is 21.7. The fourth-order valence-electron chi connectivity index (χ4n) is 3.74. The number of benzene rings is 2. The van der Waals surface area contributed by atoms with Crippen molar-refractivity contribution < 1.29 is 4.79 Å². The molecule has 0 unspecified atom stereocenters. The number of fused-ring (bicyclic) bond motifs is 1. The molecule has 0 spiro atoms. The summed E-state index contributed by atoms with van der Waals surface area (Å²) in [6.45, 7) is 0. The molecule has 0 fully saturated rings. The van der Waals surface area contributed by atoms with Crippen LogP contribution in [-0.2, 0) is 11.2 Å². The highest BCUT2D eigenvalue weighted by molar-refractivity contribution is 7.10. The Hall–Kier alpha value is -3.88. The number of nitrogens with one attached hydrogen (secondary N) is 3. The van der Waals surface area contributed by atoms with E-state index in [0.717, 1.165) is 26.9 Å². The van der Waals surface area contributed by atoms with Crippen LogP contribution in [0.25, 0.3) is 28.2 Å². The molecule has 1 amide bonds. The fraction of sp³-hybridized carbons (Fsp3) is 0.0800. The number of aromatic amines is 2. The highest BCUT2D eigenvalue weighted by atomic mass is 35.5. The standard InChI is InChI=1S/C25H21ClN6OS/c26-23-22(16-8-10-18-19(14-16)31-32-24(18)27)29-25(30-23)20(13-15-5-2-1-3-6-15)28-21(33)11-9-17-7-4-12-34-17/h1-12,14,20H,13H2,(H,28,33)(H,29,30)(H3,27,31,32)/b11-9+/t20-/m0/s1. The van der Waals surface area contributed by atoms with Crippen LogP contribution in [-0.4, -0.2) is 26.1 Å². The van der Waals surface area contributed by atoms with Crippen LogP contribution in [0.4, 0.5) is 5.82 Å². The zero-order valence-electron chi connectivity index (χ0n) is 18.0. The topological polar surface area (TPSA) is 112 Å². The predicted molar refractivity (Wildman–Crippen MR) is 137 cm³/mol. The number of imidazole rings is 1. The molecular formula is C25H21ClN6OS. The summed E-state index contributed by atoms with van der Waals surface area (Å²) < 4.78 is 0. The van der Waals surface area contributed by atoms with E-state index in [1.807, 2.05) is 66.0 Å². The SMILES string of the molecule is Nc1n[nH]c2cc(-c3nc([C@H](Cc4ccccc4)NC(=O)/C=C/c4cccs4)[nH]c3Cl)ccc12. The maximum Gasteiger partial charge on any atom is 0.244 e. The Labute approximate surface area is 204 Å². The summed E-state index contributed by atoms with van der Waals surface area (Å²) in [5.74, 6) is 0.806. The number of nitrogens with two attached hydrogens (primary N) is 1. The van der Waals surface area contributed by atoms with E-state index in [0.29, 0.717) is 28.9 Å². The Morgan fingerprint density at radius 1 is 1.18 bits per heavy atom. The lowest BCUT2D eigenvalue weighted by Crippen LogP contribution is -2.29. The molecule has 5 rings (SSSR count). The maximum absolute atomic E-state index is 12.7. The van der Waals surface area contributed by atoms with Crippen LogP contribution in [0, 0.1) is 0 Å². The normalized spacial score (nSPS) is 12.4. The summed E-state index contributed by atoms with van der Waals surface area (Å²) >= 11 is 8.12. The molecule has 2 aromatic carbocycles. The molecule has 0 radical (unpaired) electrons. The van der Waals surface area contributed by atoms with E-state index in [2.05, 4.69) is 20.5 Å². The first-order chi connectivity index (χ1) is 16.6. The first-order valence-electron chi connectivity index (χ1n) is 10.6. The van der Waals surface area contributed by atoms with E-state index >= 15 is 0 Å². The molecule has 0 bridgehead atoms. The Kier molecular flexibility index (Phi) is 6.16. The number of anilines is 1. The average Bonchev–Trinajstić information content (AvgIpc) is 3.58. The third-order valence-electron chi connectivity index (χ3n) is 5.42. The number of halogens is 1. The van der Waals surface area contributed by atoms with Gasteiger partial charge in [0.15, 0.2) is 5.82 Å². The summed E-state index contributed by atoms with van der Waals surface area (Å²) in [5, 5.41) is 13.2. The van der Waals surface area contributed by atoms with Gasteiger partial charge in [0.05, 0.1) is 11.6 Å². The molecule has 0 aliphatic heterocycles. The number of carbonyl (C=O) groups excluding carboxylic acids is 1. The van der Waals surface area contributed by atoms with Crippen LogP contribution >= 0.6 is 22.9 Å². The molecule has 3 heterocycles. The number of hydrogen-bond acceptors (Lipinski definition) is 5. The molecule has 9 heteroatoms. The number of aromatic nitrogens is 4. The van der Waals surface area contributed by atoms with Gasteiger partial charge in [-0.2, -0.15) is 5.10 Å². The Balaban J connectivity index is 1.44. The van der Waals surface area contributed by atoms with Gasteiger partial charge in [-0.05, 0) is 41.6 Å². The van der Waals surface area contributed by atoms with Crippen LogP contribution in [0.1, 0.15) is 22.3 Å². The Morgan fingerprint density at radius 2 is 2.03 bits per heavy atom. The third-order valence-corrected chi connectivity index (χ3v) is 6.53. The molecule has 0 aliphatic rings. The first kappa shape index (κ1) is 21.9.